The molecule has 2 fully saturated rings. The average molecular weight is 430 g/mol. The van der Waals surface area contributed by atoms with Gasteiger partial charge in [-0.25, -0.2) is 9.69 Å². The molecule has 0 spiro atoms. The van der Waals surface area contributed by atoms with Crippen LogP contribution in [0.2, 0.25) is 0 Å². The maximum atomic E-state index is 13.3. The molecule has 8 heteroatoms. The minimum absolute atomic E-state index is 0.195. The smallest absolute Gasteiger partial charge is 0.326 e. The number of likely N-dealkylation sites (tertiary alicyclic amines) is 1. The van der Waals surface area contributed by atoms with Crippen LogP contribution in [-0.2, 0) is 11.2 Å². The van der Waals surface area contributed by atoms with Crippen LogP contribution in [0.3, 0.4) is 0 Å². The quantitative estimate of drug-likeness (QED) is 0.683. The van der Waals surface area contributed by atoms with E-state index in [0.29, 0.717) is 24.6 Å². The van der Waals surface area contributed by atoms with Gasteiger partial charge in [0, 0.05) is 23.9 Å². The Morgan fingerprint density at radius 2 is 2.00 bits per heavy atom. The molecule has 1 aromatic heterocycles. The van der Waals surface area contributed by atoms with Crippen molar-refractivity contribution in [2.75, 3.05) is 27.4 Å². The Bertz CT molecular complexity index is 932. The highest BCUT2D eigenvalue weighted by atomic mass is 32.1. The first-order valence-electron chi connectivity index (χ1n) is 10.1. The Labute approximate surface area is 180 Å². The Morgan fingerprint density at radius 3 is 2.70 bits per heavy atom. The number of carbonyl (C=O) groups excluding carboxylic acids is 2. The van der Waals surface area contributed by atoms with E-state index in [2.05, 4.69) is 21.7 Å². The zero-order valence-electron chi connectivity index (χ0n) is 17.5. The Morgan fingerprint density at radius 1 is 1.20 bits per heavy atom. The molecule has 3 heterocycles. The van der Waals surface area contributed by atoms with Gasteiger partial charge in [0.2, 0.25) is 0 Å². The van der Waals surface area contributed by atoms with Crippen LogP contribution in [0.1, 0.15) is 36.2 Å². The number of carbonyl (C=O) groups is 2. The highest BCUT2D eigenvalue weighted by Gasteiger charge is 2.48. The topological polar surface area (TPSA) is 71.1 Å². The Balaban J connectivity index is 1.49. The molecule has 1 N–H and O–H groups in total. The third-order valence-corrected chi connectivity index (χ3v) is 6.88. The second-order valence-corrected chi connectivity index (χ2v) is 8.97. The summed E-state index contributed by atoms with van der Waals surface area (Å²) in [5.41, 5.74) is -0.0993. The van der Waals surface area contributed by atoms with E-state index in [9.17, 15) is 9.59 Å². The maximum Gasteiger partial charge on any atom is 0.326 e. The van der Waals surface area contributed by atoms with Crippen LogP contribution in [0.4, 0.5) is 4.79 Å². The summed E-state index contributed by atoms with van der Waals surface area (Å²) in [4.78, 5) is 30.8. The fourth-order valence-corrected chi connectivity index (χ4v) is 5.27. The highest BCUT2D eigenvalue weighted by molar-refractivity contribution is 7.10. The number of thiophene rings is 1. The summed E-state index contributed by atoms with van der Waals surface area (Å²) < 4.78 is 10.6. The molecule has 2 aliphatic rings. The van der Waals surface area contributed by atoms with E-state index in [1.165, 1.54) is 9.78 Å². The van der Waals surface area contributed by atoms with E-state index in [1.54, 1.807) is 32.5 Å². The molecule has 2 saturated heterocycles. The van der Waals surface area contributed by atoms with Gasteiger partial charge in [-0.3, -0.25) is 9.69 Å². The third kappa shape index (κ3) is 3.77. The fraction of sp³-hybridized carbons (Fsp3) is 0.455. The zero-order chi connectivity index (χ0) is 21.3. The number of amides is 3. The predicted molar refractivity (Wildman–Crippen MR) is 115 cm³/mol. The second kappa shape index (κ2) is 8.28. The SMILES string of the molecule is COc1ccc(C[C@]2(C)NC(=O)N(CN3CCC[C@@H]3c3cccs3)C2=O)cc1OC. The van der Waals surface area contributed by atoms with Crippen molar-refractivity contribution in [1.82, 2.24) is 15.1 Å². The fourth-order valence-electron chi connectivity index (χ4n) is 4.37. The molecule has 2 aliphatic heterocycles. The molecular formula is C22H27N3O4S. The Kier molecular flexibility index (Phi) is 5.71. The number of nitrogens with zero attached hydrogens (tertiary/aromatic N) is 2. The summed E-state index contributed by atoms with van der Waals surface area (Å²) in [5.74, 6) is 1.03. The van der Waals surface area contributed by atoms with Crippen LogP contribution in [0.25, 0.3) is 0 Å². The first-order chi connectivity index (χ1) is 14.4. The van der Waals surface area contributed by atoms with Gasteiger partial charge in [0.1, 0.15) is 5.54 Å². The van der Waals surface area contributed by atoms with E-state index in [-0.39, 0.29) is 18.0 Å². The summed E-state index contributed by atoms with van der Waals surface area (Å²) >= 11 is 1.72. The van der Waals surface area contributed by atoms with Crippen LogP contribution in [0, 0.1) is 0 Å². The van der Waals surface area contributed by atoms with Crippen LogP contribution in [0.15, 0.2) is 35.7 Å². The number of ether oxygens (including phenoxy) is 2. The maximum absolute atomic E-state index is 13.3. The van der Waals surface area contributed by atoms with E-state index in [0.717, 1.165) is 24.9 Å². The minimum Gasteiger partial charge on any atom is -0.493 e. The van der Waals surface area contributed by atoms with Crippen LogP contribution in [-0.4, -0.2) is 54.7 Å². The molecule has 3 amide bonds. The molecule has 2 atom stereocenters. The van der Waals surface area contributed by atoms with Gasteiger partial charge in [0.25, 0.3) is 5.91 Å². The average Bonchev–Trinajstić information content (AvgIpc) is 3.45. The molecule has 0 radical (unpaired) electrons. The van der Waals surface area contributed by atoms with E-state index >= 15 is 0 Å². The van der Waals surface area contributed by atoms with E-state index in [4.69, 9.17) is 9.47 Å². The number of benzene rings is 1. The number of urea groups is 1. The zero-order valence-corrected chi connectivity index (χ0v) is 18.3. The summed E-state index contributed by atoms with van der Waals surface area (Å²) in [6, 6.07) is 9.65. The first kappa shape index (κ1) is 20.7. The van der Waals surface area contributed by atoms with Gasteiger partial charge in [0.15, 0.2) is 11.5 Å². The molecule has 0 bridgehead atoms. The van der Waals surface area contributed by atoms with Crippen molar-refractivity contribution in [3.05, 3.63) is 46.2 Å². The molecular weight excluding hydrogens is 402 g/mol. The molecule has 0 unspecified atom stereocenters. The van der Waals surface area contributed by atoms with Gasteiger partial charge in [-0.2, -0.15) is 0 Å². The van der Waals surface area contributed by atoms with Crippen molar-refractivity contribution in [1.29, 1.82) is 0 Å². The summed E-state index contributed by atoms with van der Waals surface area (Å²) in [6.45, 7) is 2.98. The highest BCUT2D eigenvalue weighted by Crippen LogP contribution is 2.36. The molecule has 30 heavy (non-hydrogen) atoms. The molecule has 0 saturated carbocycles. The number of hydrogen-bond donors (Lipinski definition) is 1. The van der Waals surface area contributed by atoms with Gasteiger partial charge in [0.05, 0.1) is 20.9 Å². The van der Waals surface area contributed by atoms with Gasteiger partial charge in [-0.15, -0.1) is 11.3 Å². The van der Waals surface area contributed by atoms with Gasteiger partial charge >= 0.3 is 6.03 Å². The molecule has 0 aliphatic carbocycles. The van der Waals surface area contributed by atoms with E-state index < -0.39 is 5.54 Å². The minimum atomic E-state index is -0.991. The normalized spacial score (nSPS) is 24.4. The van der Waals surface area contributed by atoms with Crippen molar-refractivity contribution in [2.45, 2.75) is 37.8 Å². The standard InChI is InChI=1S/C22H27N3O4S/c1-22(13-15-8-9-17(28-2)18(12-15)29-3)20(26)25(21(27)23-22)14-24-10-4-6-16(24)19-7-5-11-30-19/h5,7-9,11-12,16H,4,6,10,13-14H2,1-3H3,(H,23,27)/t16-,22+/m1/s1. The molecule has 160 valence electrons. The lowest BCUT2D eigenvalue weighted by molar-refractivity contribution is -0.132. The molecule has 1 aromatic carbocycles. The molecule has 4 rings (SSSR count). The summed E-state index contributed by atoms with van der Waals surface area (Å²) in [7, 11) is 3.16. The van der Waals surface area contributed by atoms with Crippen LogP contribution in [0.5, 0.6) is 11.5 Å². The number of imide groups is 1. The van der Waals surface area contributed by atoms with Gasteiger partial charge in [-0.1, -0.05) is 12.1 Å². The van der Waals surface area contributed by atoms with Crippen molar-refractivity contribution < 1.29 is 19.1 Å². The predicted octanol–water partition coefficient (Wildman–Crippen LogP) is 3.41. The lowest BCUT2D eigenvalue weighted by atomic mass is 9.92. The van der Waals surface area contributed by atoms with Crippen molar-refractivity contribution in [2.24, 2.45) is 0 Å². The largest absolute Gasteiger partial charge is 0.493 e. The molecule has 7 nitrogen and oxygen atoms in total. The second-order valence-electron chi connectivity index (χ2n) is 7.99. The van der Waals surface area contributed by atoms with Gasteiger partial charge < -0.3 is 14.8 Å². The summed E-state index contributed by atoms with van der Waals surface area (Å²) in [6.07, 6.45) is 2.49. The summed E-state index contributed by atoms with van der Waals surface area (Å²) in [5, 5.41) is 4.98. The Hall–Kier alpha value is -2.58. The van der Waals surface area contributed by atoms with E-state index in [1.807, 2.05) is 24.3 Å². The molecule has 2 aromatic rings. The number of nitrogens with one attached hydrogen (secondary N) is 1. The number of hydrogen-bond acceptors (Lipinski definition) is 6. The first-order valence-corrected chi connectivity index (χ1v) is 11.0. The third-order valence-electron chi connectivity index (χ3n) is 5.91. The van der Waals surface area contributed by atoms with Crippen LogP contribution < -0.4 is 14.8 Å². The van der Waals surface area contributed by atoms with Crippen molar-refractivity contribution in [3.8, 4) is 11.5 Å². The van der Waals surface area contributed by atoms with Crippen LogP contribution >= 0.6 is 11.3 Å². The van der Waals surface area contributed by atoms with Crippen molar-refractivity contribution >= 4 is 23.3 Å². The monoisotopic (exact) mass is 429 g/mol. The lowest BCUT2D eigenvalue weighted by Gasteiger charge is -2.28. The van der Waals surface area contributed by atoms with Crippen molar-refractivity contribution in [3.63, 3.8) is 0 Å². The lowest BCUT2D eigenvalue weighted by Crippen LogP contribution is -2.47. The number of rotatable bonds is 7. The number of methoxy groups -OCH3 is 2. The van der Waals surface area contributed by atoms with Gasteiger partial charge in [-0.05, 0) is 48.9 Å².